The summed E-state index contributed by atoms with van der Waals surface area (Å²) < 4.78 is 5.15. The molecule has 2 heterocycles. The summed E-state index contributed by atoms with van der Waals surface area (Å²) in [6.45, 7) is 2.76. The largest absolute Gasteiger partial charge is 0.497 e. The van der Waals surface area contributed by atoms with Gasteiger partial charge in [-0.25, -0.2) is 4.98 Å². The molecule has 0 aliphatic carbocycles. The van der Waals surface area contributed by atoms with Gasteiger partial charge in [-0.15, -0.1) is 0 Å². The average molecular weight is 384 g/mol. The molecular formula is C19H24N6O3. The fourth-order valence-electron chi connectivity index (χ4n) is 2.83. The number of amides is 2. The molecule has 28 heavy (non-hydrogen) atoms. The molecule has 0 saturated carbocycles. The van der Waals surface area contributed by atoms with Gasteiger partial charge in [0, 0.05) is 37.0 Å². The summed E-state index contributed by atoms with van der Waals surface area (Å²) in [6, 6.07) is 8.96. The van der Waals surface area contributed by atoms with Crippen molar-refractivity contribution in [3.05, 3.63) is 36.0 Å². The standard InChI is InChI=1S/C19H24N6O3/c1-12-11-16(23-13-3-5-14(28-2)6-4-13)25-19(22-12)21-10-9-20-18(27)15-7-8-17(26)24-15/h3-6,11,15H,7-10H2,1-2H3,(H,20,27)(H,24,26)(H2,21,22,23,25)/t15-/m0/s1. The number of ether oxygens (including phenoxy) is 1. The number of benzene rings is 1. The van der Waals surface area contributed by atoms with Crippen molar-refractivity contribution in [1.82, 2.24) is 20.6 Å². The van der Waals surface area contributed by atoms with Crippen molar-refractivity contribution in [3.63, 3.8) is 0 Å². The lowest BCUT2D eigenvalue weighted by atomic mass is 10.2. The van der Waals surface area contributed by atoms with Gasteiger partial charge in [-0.3, -0.25) is 9.59 Å². The molecule has 1 aliphatic rings. The Morgan fingerprint density at radius 2 is 2.04 bits per heavy atom. The highest BCUT2D eigenvalue weighted by atomic mass is 16.5. The highest BCUT2D eigenvalue weighted by molar-refractivity contribution is 5.90. The molecule has 2 aromatic rings. The Labute approximate surface area is 163 Å². The molecule has 148 valence electrons. The van der Waals surface area contributed by atoms with Gasteiger partial charge in [-0.05, 0) is 37.6 Å². The summed E-state index contributed by atoms with van der Waals surface area (Å²) in [7, 11) is 1.63. The van der Waals surface area contributed by atoms with E-state index in [-0.39, 0.29) is 11.8 Å². The minimum absolute atomic E-state index is 0.0803. The van der Waals surface area contributed by atoms with Gasteiger partial charge >= 0.3 is 0 Å². The third kappa shape index (κ3) is 5.32. The first-order valence-corrected chi connectivity index (χ1v) is 9.11. The van der Waals surface area contributed by atoms with E-state index in [1.165, 1.54) is 0 Å². The van der Waals surface area contributed by atoms with Crippen molar-refractivity contribution >= 4 is 29.3 Å². The van der Waals surface area contributed by atoms with Crippen LogP contribution in [-0.4, -0.2) is 48.0 Å². The molecule has 0 radical (unpaired) electrons. The number of nitrogens with zero attached hydrogens (tertiary/aromatic N) is 2. The number of nitrogens with one attached hydrogen (secondary N) is 4. The zero-order valence-corrected chi connectivity index (χ0v) is 15.9. The molecule has 1 atom stereocenters. The molecule has 9 nitrogen and oxygen atoms in total. The predicted octanol–water partition coefficient (Wildman–Crippen LogP) is 1.34. The first-order valence-electron chi connectivity index (χ1n) is 9.11. The molecule has 1 aromatic carbocycles. The van der Waals surface area contributed by atoms with Crippen LogP contribution in [0.3, 0.4) is 0 Å². The van der Waals surface area contributed by atoms with E-state index in [0.717, 1.165) is 17.1 Å². The van der Waals surface area contributed by atoms with Crippen LogP contribution < -0.4 is 26.0 Å². The number of rotatable bonds is 8. The Kier molecular flexibility index (Phi) is 6.25. The molecular weight excluding hydrogens is 360 g/mol. The summed E-state index contributed by atoms with van der Waals surface area (Å²) in [6.07, 6.45) is 0.941. The van der Waals surface area contributed by atoms with Crippen molar-refractivity contribution in [2.24, 2.45) is 0 Å². The van der Waals surface area contributed by atoms with Crippen molar-refractivity contribution in [2.75, 3.05) is 30.8 Å². The molecule has 0 unspecified atom stereocenters. The van der Waals surface area contributed by atoms with E-state index in [1.807, 2.05) is 37.3 Å². The van der Waals surface area contributed by atoms with Crippen LogP contribution in [0.5, 0.6) is 5.75 Å². The molecule has 0 spiro atoms. The van der Waals surface area contributed by atoms with Crippen molar-refractivity contribution in [1.29, 1.82) is 0 Å². The maximum atomic E-state index is 12.0. The van der Waals surface area contributed by atoms with Crippen molar-refractivity contribution in [2.45, 2.75) is 25.8 Å². The van der Waals surface area contributed by atoms with Gasteiger partial charge in [-0.1, -0.05) is 0 Å². The van der Waals surface area contributed by atoms with Crippen LogP contribution >= 0.6 is 0 Å². The molecule has 1 saturated heterocycles. The Balaban J connectivity index is 1.50. The minimum atomic E-state index is -0.428. The third-order valence-corrected chi connectivity index (χ3v) is 4.24. The average Bonchev–Trinajstić information content (AvgIpc) is 3.12. The second kappa shape index (κ2) is 9.03. The van der Waals surface area contributed by atoms with E-state index >= 15 is 0 Å². The number of methoxy groups -OCH3 is 1. The van der Waals surface area contributed by atoms with E-state index in [1.54, 1.807) is 7.11 Å². The van der Waals surface area contributed by atoms with Gasteiger partial charge < -0.3 is 26.0 Å². The smallest absolute Gasteiger partial charge is 0.242 e. The van der Waals surface area contributed by atoms with Crippen molar-refractivity contribution < 1.29 is 14.3 Å². The molecule has 1 aliphatic heterocycles. The Hall–Kier alpha value is -3.36. The molecule has 3 rings (SSSR count). The van der Waals surface area contributed by atoms with Crippen molar-refractivity contribution in [3.8, 4) is 5.75 Å². The second-order valence-electron chi connectivity index (χ2n) is 6.45. The fraction of sp³-hybridized carbons (Fsp3) is 0.368. The SMILES string of the molecule is COc1ccc(Nc2cc(C)nc(NCCNC(=O)[C@@H]3CCC(=O)N3)n2)cc1. The molecule has 1 aromatic heterocycles. The van der Waals surface area contributed by atoms with Gasteiger partial charge in [0.05, 0.1) is 7.11 Å². The van der Waals surface area contributed by atoms with E-state index < -0.39 is 6.04 Å². The lowest BCUT2D eigenvalue weighted by Gasteiger charge is -2.12. The number of carbonyl (C=O) groups excluding carboxylic acids is 2. The number of hydrogen-bond donors (Lipinski definition) is 4. The van der Waals surface area contributed by atoms with Crippen LogP contribution in [-0.2, 0) is 9.59 Å². The van der Waals surface area contributed by atoms with Crippen LogP contribution in [0, 0.1) is 6.92 Å². The molecule has 1 fully saturated rings. The highest BCUT2D eigenvalue weighted by Crippen LogP contribution is 2.19. The van der Waals surface area contributed by atoms with E-state index in [2.05, 4.69) is 31.2 Å². The van der Waals surface area contributed by atoms with E-state index in [9.17, 15) is 9.59 Å². The molecule has 9 heteroatoms. The van der Waals surface area contributed by atoms with Crippen LogP contribution in [0.1, 0.15) is 18.5 Å². The quantitative estimate of drug-likeness (QED) is 0.508. The zero-order valence-electron chi connectivity index (χ0n) is 15.9. The summed E-state index contributed by atoms with van der Waals surface area (Å²) in [4.78, 5) is 31.9. The summed E-state index contributed by atoms with van der Waals surface area (Å²) >= 11 is 0. The topological polar surface area (TPSA) is 117 Å². The van der Waals surface area contributed by atoms with Crippen LogP contribution in [0.25, 0.3) is 0 Å². The summed E-state index contributed by atoms with van der Waals surface area (Å²) in [5.41, 5.74) is 1.70. The Bertz CT molecular complexity index is 840. The third-order valence-electron chi connectivity index (χ3n) is 4.24. The monoisotopic (exact) mass is 384 g/mol. The predicted molar refractivity (Wildman–Crippen MR) is 106 cm³/mol. The highest BCUT2D eigenvalue weighted by Gasteiger charge is 2.26. The Morgan fingerprint density at radius 3 is 2.71 bits per heavy atom. The lowest BCUT2D eigenvalue weighted by Crippen LogP contribution is -2.43. The van der Waals surface area contributed by atoms with Gasteiger partial charge in [0.2, 0.25) is 17.8 Å². The van der Waals surface area contributed by atoms with Crippen LogP contribution in [0.4, 0.5) is 17.5 Å². The van der Waals surface area contributed by atoms with Crippen LogP contribution in [0.2, 0.25) is 0 Å². The summed E-state index contributed by atoms with van der Waals surface area (Å²) in [5.74, 6) is 1.67. The molecule has 2 amide bonds. The maximum Gasteiger partial charge on any atom is 0.242 e. The number of aryl methyl sites for hydroxylation is 1. The first kappa shape index (κ1) is 19.4. The van der Waals surface area contributed by atoms with Gasteiger partial charge in [-0.2, -0.15) is 4.98 Å². The Morgan fingerprint density at radius 1 is 1.25 bits per heavy atom. The maximum absolute atomic E-state index is 12.0. The van der Waals surface area contributed by atoms with Gasteiger partial charge in [0.1, 0.15) is 17.6 Å². The van der Waals surface area contributed by atoms with Crippen LogP contribution in [0.15, 0.2) is 30.3 Å². The van der Waals surface area contributed by atoms with E-state index in [0.29, 0.717) is 37.7 Å². The minimum Gasteiger partial charge on any atom is -0.497 e. The number of carbonyl (C=O) groups is 2. The second-order valence-corrected chi connectivity index (χ2v) is 6.45. The first-order chi connectivity index (χ1) is 13.5. The summed E-state index contributed by atoms with van der Waals surface area (Å²) in [5, 5.41) is 11.8. The number of anilines is 3. The number of hydrogen-bond acceptors (Lipinski definition) is 7. The molecule has 0 bridgehead atoms. The fourth-order valence-corrected chi connectivity index (χ4v) is 2.83. The number of aromatic nitrogens is 2. The normalized spacial score (nSPS) is 15.6. The molecule has 4 N–H and O–H groups in total. The lowest BCUT2D eigenvalue weighted by molar-refractivity contribution is -0.125. The van der Waals surface area contributed by atoms with Gasteiger partial charge in [0.15, 0.2) is 0 Å². The van der Waals surface area contributed by atoms with Gasteiger partial charge in [0.25, 0.3) is 0 Å². The zero-order chi connectivity index (χ0) is 19.9. The van der Waals surface area contributed by atoms with E-state index in [4.69, 9.17) is 4.74 Å².